The Balaban J connectivity index is 1.79. The fraction of sp³-hybridized carbons (Fsp3) is 0.625. The Labute approximate surface area is 105 Å². The van der Waals surface area contributed by atoms with Crippen LogP contribution in [0.3, 0.4) is 0 Å². The van der Waals surface area contributed by atoms with Gasteiger partial charge in [0.25, 0.3) is 0 Å². The van der Waals surface area contributed by atoms with E-state index in [2.05, 4.69) is 31.2 Å². The maximum Gasteiger partial charge on any atom is 0.119 e. The van der Waals surface area contributed by atoms with Crippen LogP contribution in [0.1, 0.15) is 51.0 Å². The molecule has 0 saturated heterocycles. The van der Waals surface area contributed by atoms with Gasteiger partial charge in [-0.2, -0.15) is 0 Å². The second kappa shape index (κ2) is 6.68. The van der Waals surface area contributed by atoms with Crippen LogP contribution >= 0.6 is 0 Å². The predicted octanol–water partition coefficient (Wildman–Crippen LogP) is 4.60. The highest BCUT2D eigenvalue weighted by Gasteiger charge is 2.12. The summed E-state index contributed by atoms with van der Waals surface area (Å²) in [5.74, 6) is 1.81. The van der Waals surface area contributed by atoms with Gasteiger partial charge >= 0.3 is 0 Å². The summed E-state index contributed by atoms with van der Waals surface area (Å²) in [5, 5.41) is 0. The molecule has 0 amide bonds. The van der Waals surface area contributed by atoms with Gasteiger partial charge < -0.3 is 4.74 Å². The van der Waals surface area contributed by atoms with Crippen molar-refractivity contribution >= 4 is 0 Å². The van der Waals surface area contributed by atoms with Crippen molar-refractivity contribution in [2.45, 2.75) is 51.9 Å². The van der Waals surface area contributed by atoms with Gasteiger partial charge in [-0.15, -0.1) is 0 Å². The van der Waals surface area contributed by atoms with Gasteiger partial charge in [0.15, 0.2) is 0 Å². The Kier molecular flexibility index (Phi) is 4.90. The quantitative estimate of drug-likeness (QED) is 0.689. The van der Waals surface area contributed by atoms with E-state index in [1.807, 2.05) is 0 Å². The second-order valence-corrected chi connectivity index (χ2v) is 5.17. The summed E-state index contributed by atoms with van der Waals surface area (Å²) in [7, 11) is 0. The van der Waals surface area contributed by atoms with Crippen molar-refractivity contribution in [2.75, 3.05) is 6.61 Å². The maximum atomic E-state index is 5.90. The number of benzene rings is 1. The SMILES string of the molecule is CCc1ccc(OCC2CCCCCC2)cc1. The molecule has 2 rings (SSSR count). The minimum atomic E-state index is 0.781. The van der Waals surface area contributed by atoms with E-state index in [-0.39, 0.29) is 0 Å². The van der Waals surface area contributed by atoms with Crippen LogP contribution in [0.5, 0.6) is 5.75 Å². The molecule has 0 heterocycles. The first-order chi connectivity index (χ1) is 8.38. The van der Waals surface area contributed by atoms with E-state index >= 15 is 0 Å². The first kappa shape index (κ1) is 12.5. The lowest BCUT2D eigenvalue weighted by Crippen LogP contribution is -2.11. The molecule has 1 saturated carbocycles. The molecule has 0 N–H and O–H groups in total. The van der Waals surface area contributed by atoms with Crippen molar-refractivity contribution in [3.05, 3.63) is 29.8 Å². The molecule has 0 atom stereocenters. The van der Waals surface area contributed by atoms with E-state index in [1.54, 1.807) is 0 Å². The summed E-state index contributed by atoms with van der Waals surface area (Å²) in [4.78, 5) is 0. The molecular formula is C16H24O. The largest absolute Gasteiger partial charge is 0.493 e. The van der Waals surface area contributed by atoms with E-state index in [0.29, 0.717) is 0 Å². The lowest BCUT2D eigenvalue weighted by molar-refractivity contribution is 0.233. The van der Waals surface area contributed by atoms with Crippen LogP contribution in [-0.4, -0.2) is 6.61 Å². The summed E-state index contributed by atoms with van der Waals surface area (Å²) in [6.07, 6.45) is 9.43. The molecule has 0 aliphatic heterocycles. The third-order valence-electron chi connectivity index (χ3n) is 3.79. The van der Waals surface area contributed by atoms with Gasteiger partial charge in [0.1, 0.15) is 5.75 Å². The van der Waals surface area contributed by atoms with Crippen LogP contribution in [0.2, 0.25) is 0 Å². The summed E-state index contributed by atoms with van der Waals surface area (Å²) in [6, 6.07) is 8.55. The smallest absolute Gasteiger partial charge is 0.119 e. The van der Waals surface area contributed by atoms with Crippen LogP contribution in [0.25, 0.3) is 0 Å². The van der Waals surface area contributed by atoms with Crippen LogP contribution in [0.15, 0.2) is 24.3 Å². The molecule has 0 unspecified atom stereocenters. The Morgan fingerprint density at radius 3 is 2.24 bits per heavy atom. The highest BCUT2D eigenvalue weighted by Crippen LogP contribution is 2.24. The fourth-order valence-corrected chi connectivity index (χ4v) is 2.57. The molecule has 0 bridgehead atoms. The monoisotopic (exact) mass is 232 g/mol. The molecule has 0 spiro atoms. The zero-order chi connectivity index (χ0) is 11.9. The van der Waals surface area contributed by atoms with E-state index in [9.17, 15) is 0 Å². The lowest BCUT2D eigenvalue weighted by Gasteiger charge is -2.15. The highest BCUT2D eigenvalue weighted by atomic mass is 16.5. The van der Waals surface area contributed by atoms with E-state index in [1.165, 1.54) is 44.1 Å². The minimum absolute atomic E-state index is 0.781. The number of hydrogen-bond acceptors (Lipinski definition) is 1. The van der Waals surface area contributed by atoms with Crippen molar-refractivity contribution in [1.82, 2.24) is 0 Å². The predicted molar refractivity (Wildman–Crippen MR) is 72.5 cm³/mol. The lowest BCUT2D eigenvalue weighted by atomic mass is 10.0. The standard InChI is InChI=1S/C16H24O/c1-2-14-9-11-16(12-10-14)17-13-15-7-5-3-4-6-8-15/h9-12,15H,2-8,13H2,1H3. The maximum absolute atomic E-state index is 5.90. The van der Waals surface area contributed by atoms with Crippen LogP contribution < -0.4 is 4.74 Å². The molecule has 1 fully saturated rings. The zero-order valence-corrected chi connectivity index (χ0v) is 11.0. The average Bonchev–Trinajstić information content (AvgIpc) is 2.65. The molecule has 0 radical (unpaired) electrons. The minimum Gasteiger partial charge on any atom is -0.493 e. The second-order valence-electron chi connectivity index (χ2n) is 5.17. The molecule has 1 aliphatic carbocycles. The summed E-state index contributed by atoms with van der Waals surface area (Å²) >= 11 is 0. The third-order valence-corrected chi connectivity index (χ3v) is 3.79. The first-order valence-electron chi connectivity index (χ1n) is 7.10. The Morgan fingerprint density at radius 1 is 1.00 bits per heavy atom. The summed E-state index contributed by atoms with van der Waals surface area (Å²) in [5.41, 5.74) is 1.38. The van der Waals surface area contributed by atoms with Crippen LogP contribution in [0.4, 0.5) is 0 Å². The number of rotatable bonds is 4. The molecule has 1 aliphatic rings. The molecule has 1 nitrogen and oxygen atoms in total. The van der Waals surface area contributed by atoms with Gasteiger partial charge in [0.05, 0.1) is 6.61 Å². The molecule has 1 aromatic rings. The van der Waals surface area contributed by atoms with Gasteiger partial charge in [0, 0.05) is 0 Å². The van der Waals surface area contributed by atoms with Gasteiger partial charge in [-0.1, -0.05) is 44.7 Å². The number of aryl methyl sites for hydroxylation is 1. The first-order valence-corrected chi connectivity index (χ1v) is 7.10. The highest BCUT2D eigenvalue weighted by molar-refractivity contribution is 5.27. The van der Waals surface area contributed by atoms with Crippen molar-refractivity contribution in [3.63, 3.8) is 0 Å². The average molecular weight is 232 g/mol. The van der Waals surface area contributed by atoms with Crippen molar-refractivity contribution in [1.29, 1.82) is 0 Å². The van der Waals surface area contributed by atoms with Gasteiger partial charge in [0.2, 0.25) is 0 Å². The molecular weight excluding hydrogens is 208 g/mol. The Bertz CT molecular complexity index is 307. The Hall–Kier alpha value is -0.980. The van der Waals surface area contributed by atoms with Gasteiger partial charge in [-0.25, -0.2) is 0 Å². The van der Waals surface area contributed by atoms with E-state index in [4.69, 9.17) is 4.74 Å². The molecule has 1 aromatic carbocycles. The van der Waals surface area contributed by atoms with E-state index < -0.39 is 0 Å². The van der Waals surface area contributed by atoms with Gasteiger partial charge in [-0.05, 0) is 42.9 Å². The molecule has 94 valence electrons. The normalized spacial score (nSPS) is 17.7. The van der Waals surface area contributed by atoms with Crippen molar-refractivity contribution < 1.29 is 4.74 Å². The molecule has 0 aromatic heterocycles. The molecule has 17 heavy (non-hydrogen) atoms. The number of ether oxygens (including phenoxy) is 1. The van der Waals surface area contributed by atoms with Crippen LogP contribution in [0, 0.1) is 5.92 Å². The summed E-state index contributed by atoms with van der Waals surface area (Å²) in [6.45, 7) is 3.09. The zero-order valence-electron chi connectivity index (χ0n) is 11.0. The van der Waals surface area contributed by atoms with Crippen molar-refractivity contribution in [3.8, 4) is 5.75 Å². The third kappa shape index (κ3) is 4.07. The topological polar surface area (TPSA) is 9.23 Å². The Morgan fingerprint density at radius 2 is 1.65 bits per heavy atom. The van der Waals surface area contributed by atoms with E-state index in [0.717, 1.165) is 24.7 Å². The van der Waals surface area contributed by atoms with Crippen LogP contribution in [-0.2, 0) is 6.42 Å². The fourth-order valence-electron chi connectivity index (χ4n) is 2.57. The summed E-state index contributed by atoms with van der Waals surface area (Å²) < 4.78 is 5.90. The van der Waals surface area contributed by atoms with Crippen molar-refractivity contribution in [2.24, 2.45) is 5.92 Å². The molecule has 1 heteroatoms. The van der Waals surface area contributed by atoms with Gasteiger partial charge in [-0.3, -0.25) is 0 Å². The number of hydrogen-bond donors (Lipinski definition) is 0.